The Hall–Kier alpha value is -1.49. The average molecular weight is 321 g/mol. The Morgan fingerprint density at radius 2 is 2.04 bits per heavy atom. The first-order valence-corrected chi connectivity index (χ1v) is 8.71. The number of nitrogens with zero attached hydrogens (tertiary/aromatic N) is 2. The van der Waals surface area contributed by atoms with Crippen molar-refractivity contribution in [3.05, 3.63) is 24.0 Å². The van der Waals surface area contributed by atoms with Crippen LogP contribution in [0.25, 0.3) is 0 Å². The van der Waals surface area contributed by atoms with Gasteiger partial charge in [-0.1, -0.05) is 0 Å². The molecule has 1 aromatic rings. The van der Waals surface area contributed by atoms with Crippen molar-refractivity contribution in [2.45, 2.75) is 59.2 Å². The molecule has 1 fully saturated rings. The number of likely N-dealkylation sites (tertiary alicyclic amines) is 1. The van der Waals surface area contributed by atoms with Crippen LogP contribution in [0.2, 0.25) is 0 Å². The number of rotatable bonds is 5. The van der Waals surface area contributed by atoms with Gasteiger partial charge in [-0.15, -0.1) is 0 Å². The summed E-state index contributed by atoms with van der Waals surface area (Å²) in [7, 11) is 0. The Labute approximate surface area is 140 Å². The molecule has 2 rings (SSSR count). The van der Waals surface area contributed by atoms with Gasteiger partial charge < -0.3 is 19.5 Å². The molecule has 1 N–H and O–H groups in total. The number of aryl methyl sites for hydroxylation is 1. The van der Waals surface area contributed by atoms with Gasteiger partial charge in [0.2, 0.25) is 0 Å². The van der Waals surface area contributed by atoms with E-state index >= 15 is 0 Å². The normalized spacial score (nSPS) is 16.6. The van der Waals surface area contributed by atoms with E-state index in [2.05, 4.69) is 35.1 Å². The number of carbonyl (C=O) groups is 1. The first kappa shape index (κ1) is 17.9. The maximum atomic E-state index is 12.0. The summed E-state index contributed by atoms with van der Waals surface area (Å²) in [5, 5.41) is 3.56. The minimum absolute atomic E-state index is 0.176. The van der Waals surface area contributed by atoms with Crippen molar-refractivity contribution >= 4 is 6.09 Å². The van der Waals surface area contributed by atoms with Gasteiger partial charge in [-0.2, -0.15) is 0 Å². The summed E-state index contributed by atoms with van der Waals surface area (Å²) < 4.78 is 7.70. The van der Waals surface area contributed by atoms with Gasteiger partial charge in [0, 0.05) is 38.1 Å². The fraction of sp³-hybridized carbons (Fsp3) is 0.722. The van der Waals surface area contributed by atoms with E-state index < -0.39 is 5.60 Å². The molecule has 1 saturated heterocycles. The molecule has 1 aliphatic heterocycles. The van der Waals surface area contributed by atoms with Crippen LogP contribution in [-0.4, -0.2) is 40.8 Å². The van der Waals surface area contributed by atoms with Gasteiger partial charge in [0.1, 0.15) is 5.60 Å². The molecular formula is C18H31N3O2. The minimum Gasteiger partial charge on any atom is -0.444 e. The standard InChI is InChI=1S/C18H31N3O2/c1-5-20-10-6-7-16(20)14-19-13-15-8-11-21(12-9-15)17(22)23-18(2,3)4/h6-7,10,15,19H,5,8-9,11-14H2,1-4H3. The minimum atomic E-state index is -0.413. The van der Waals surface area contributed by atoms with Crippen molar-refractivity contribution in [3.63, 3.8) is 0 Å². The number of hydrogen-bond acceptors (Lipinski definition) is 3. The van der Waals surface area contributed by atoms with Crippen molar-refractivity contribution in [1.29, 1.82) is 0 Å². The first-order valence-electron chi connectivity index (χ1n) is 8.71. The van der Waals surface area contributed by atoms with Crippen LogP contribution in [0.4, 0.5) is 4.79 Å². The van der Waals surface area contributed by atoms with E-state index in [9.17, 15) is 4.79 Å². The van der Waals surface area contributed by atoms with E-state index in [0.29, 0.717) is 5.92 Å². The summed E-state index contributed by atoms with van der Waals surface area (Å²) in [4.78, 5) is 13.9. The molecule has 0 unspecified atom stereocenters. The summed E-state index contributed by atoms with van der Waals surface area (Å²) in [6.45, 7) is 12.4. The maximum Gasteiger partial charge on any atom is 0.410 e. The quantitative estimate of drug-likeness (QED) is 0.905. The molecule has 130 valence electrons. The van der Waals surface area contributed by atoms with Crippen LogP contribution in [0.15, 0.2) is 18.3 Å². The molecule has 0 radical (unpaired) electrons. The van der Waals surface area contributed by atoms with E-state index in [0.717, 1.165) is 45.6 Å². The lowest BCUT2D eigenvalue weighted by Crippen LogP contribution is -2.43. The molecular weight excluding hydrogens is 290 g/mol. The number of nitrogens with one attached hydrogen (secondary N) is 1. The summed E-state index contributed by atoms with van der Waals surface area (Å²) >= 11 is 0. The second kappa shape index (κ2) is 7.86. The SMILES string of the molecule is CCn1cccc1CNCC1CCN(C(=O)OC(C)(C)C)CC1. The number of carbonyl (C=O) groups excluding carboxylic acids is 1. The van der Waals surface area contributed by atoms with Gasteiger partial charge >= 0.3 is 6.09 Å². The van der Waals surface area contributed by atoms with Crippen LogP contribution in [0.5, 0.6) is 0 Å². The fourth-order valence-corrected chi connectivity index (χ4v) is 2.97. The number of aromatic nitrogens is 1. The highest BCUT2D eigenvalue weighted by Gasteiger charge is 2.26. The highest BCUT2D eigenvalue weighted by Crippen LogP contribution is 2.19. The predicted octanol–water partition coefficient (Wildman–Crippen LogP) is 3.24. The molecule has 1 aromatic heterocycles. The van der Waals surface area contributed by atoms with E-state index in [4.69, 9.17) is 4.74 Å². The molecule has 5 nitrogen and oxygen atoms in total. The van der Waals surface area contributed by atoms with Gasteiger partial charge in [-0.25, -0.2) is 4.79 Å². The Morgan fingerprint density at radius 3 is 2.65 bits per heavy atom. The molecule has 1 aliphatic rings. The first-order chi connectivity index (χ1) is 10.9. The highest BCUT2D eigenvalue weighted by molar-refractivity contribution is 5.68. The third kappa shape index (κ3) is 5.57. The zero-order chi connectivity index (χ0) is 16.9. The average Bonchev–Trinajstić information content (AvgIpc) is 2.93. The van der Waals surface area contributed by atoms with Gasteiger partial charge in [0.15, 0.2) is 0 Å². The molecule has 0 aromatic carbocycles. The third-order valence-corrected chi connectivity index (χ3v) is 4.27. The second-order valence-electron chi connectivity index (χ2n) is 7.33. The van der Waals surface area contributed by atoms with Gasteiger partial charge in [-0.05, 0) is 65.1 Å². The lowest BCUT2D eigenvalue weighted by molar-refractivity contribution is 0.0184. The smallest absolute Gasteiger partial charge is 0.410 e. The predicted molar refractivity (Wildman–Crippen MR) is 92.3 cm³/mol. The van der Waals surface area contributed by atoms with Crippen molar-refractivity contribution in [2.75, 3.05) is 19.6 Å². The highest BCUT2D eigenvalue weighted by atomic mass is 16.6. The van der Waals surface area contributed by atoms with E-state index in [1.54, 1.807) is 0 Å². The summed E-state index contributed by atoms with van der Waals surface area (Å²) in [6.07, 6.45) is 4.03. The number of amides is 1. The molecule has 5 heteroatoms. The number of hydrogen-bond donors (Lipinski definition) is 1. The van der Waals surface area contributed by atoms with Crippen LogP contribution in [0, 0.1) is 5.92 Å². The number of ether oxygens (including phenoxy) is 1. The largest absolute Gasteiger partial charge is 0.444 e. The zero-order valence-corrected chi connectivity index (χ0v) is 15.0. The van der Waals surface area contributed by atoms with Crippen LogP contribution < -0.4 is 5.32 Å². The molecule has 23 heavy (non-hydrogen) atoms. The Kier molecular flexibility index (Phi) is 6.10. The maximum absolute atomic E-state index is 12.0. The van der Waals surface area contributed by atoms with Gasteiger partial charge in [-0.3, -0.25) is 0 Å². The number of piperidine rings is 1. The van der Waals surface area contributed by atoms with Crippen molar-refractivity contribution in [1.82, 2.24) is 14.8 Å². The zero-order valence-electron chi connectivity index (χ0n) is 15.0. The van der Waals surface area contributed by atoms with Gasteiger partial charge in [0.05, 0.1) is 0 Å². The van der Waals surface area contributed by atoms with E-state index in [1.807, 2.05) is 25.7 Å². The van der Waals surface area contributed by atoms with Gasteiger partial charge in [0.25, 0.3) is 0 Å². The molecule has 1 amide bonds. The van der Waals surface area contributed by atoms with E-state index in [1.165, 1.54) is 5.69 Å². The molecule has 0 aliphatic carbocycles. The second-order valence-corrected chi connectivity index (χ2v) is 7.33. The van der Waals surface area contributed by atoms with Crippen LogP contribution in [0.3, 0.4) is 0 Å². The summed E-state index contributed by atoms with van der Waals surface area (Å²) in [5.74, 6) is 0.638. The molecule has 0 saturated carbocycles. The fourth-order valence-electron chi connectivity index (χ4n) is 2.97. The Bertz CT molecular complexity index is 497. The third-order valence-electron chi connectivity index (χ3n) is 4.27. The molecule has 0 bridgehead atoms. The molecule has 0 atom stereocenters. The van der Waals surface area contributed by atoms with E-state index in [-0.39, 0.29) is 6.09 Å². The molecule has 0 spiro atoms. The lowest BCUT2D eigenvalue weighted by Gasteiger charge is -2.33. The van der Waals surface area contributed by atoms with Crippen LogP contribution in [-0.2, 0) is 17.8 Å². The van der Waals surface area contributed by atoms with Crippen molar-refractivity contribution in [2.24, 2.45) is 5.92 Å². The Morgan fingerprint density at radius 1 is 1.35 bits per heavy atom. The summed E-state index contributed by atoms with van der Waals surface area (Å²) in [6, 6.07) is 4.27. The topological polar surface area (TPSA) is 46.5 Å². The van der Waals surface area contributed by atoms with Crippen LogP contribution >= 0.6 is 0 Å². The lowest BCUT2D eigenvalue weighted by atomic mass is 9.97. The van der Waals surface area contributed by atoms with Crippen LogP contribution in [0.1, 0.15) is 46.2 Å². The van der Waals surface area contributed by atoms with Crippen molar-refractivity contribution in [3.8, 4) is 0 Å². The van der Waals surface area contributed by atoms with Crippen molar-refractivity contribution < 1.29 is 9.53 Å². The Balaban J connectivity index is 1.68. The summed E-state index contributed by atoms with van der Waals surface area (Å²) in [5.41, 5.74) is 0.919. The molecule has 2 heterocycles. The monoisotopic (exact) mass is 321 g/mol.